The summed E-state index contributed by atoms with van der Waals surface area (Å²) < 4.78 is 11.0. The van der Waals surface area contributed by atoms with E-state index in [4.69, 9.17) is 20.8 Å². The number of furan rings is 1. The highest BCUT2D eigenvalue weighted by molar-refractivity contribution is 6.31. The van der Waals surface area contributed by atoms with Gasteiger partial charge in [-0.3, -0.25) is 4.79 Å². The summed E-state index contributed by atoms with van der Waals surface area (Å²) in [5.74, 6) is -0.102. The SMILES string of the molecule is Cc1ccc2c(CC(=O)Nc3cc(Cl)ccc3N3CCOCC3)coc2c1. The van der Waals surface area contributed by atoms with Gasteiger partial charge in [-0.1, -0.05) is 23.7 Å². The summed E-state index contributed by atoms with van der Waals surface area (Å²) in [6.45, 7) is 4.94. The van der Waals surface area contributed by atoms with Crippen molar-refractivity contribution in [2.24, 2.45) is 0 Å². The molecule has 0 saturated carbocycles. The first-order valence-electron chi connectivity index (χ1n) is 8.99. The first kappa shape index (κ1) is 17.9. The second-order valence-corrected chi connectivity index (χ2v) is 7.18. The Labute approximate surface area is 162 Å². The number of rotatable bonds is 4. The zero-order valence-electron chi connectivity index (χ0n) is 15.1. The number of hydrogen-bond acceptors (Lipinski definition) is 4. The predicted octanol–water partition coefficient (Wildman–Crippen LogP) is 4.41. The van der Waals surface area contributed by atoms with Crippen molar-refractivity contribution < 1.29 is 13.9 Å². The van der Waals surface area contributed by atoms with Gasteiger partial charge in [0.1, 0.15) is 5.58 Å². The minimum absolute atomic E-state index is 0.102. The highest BCUT2D eigenvalue weighted by Gasteiger charge is 2.17. The maximum atomic E-state index is 12.7. The number of anilines is 2. The number of halogens is 1. The molecule has 6 heteroatoms. The molecular formula is C21H21ClN2O3. The fourth-order valence-corrected chi connectivity index (χ4v) is 3.56. The molecule has 5 nitrogen and oxygen atoms in total. The van der Waals surface area contributed by atoms with E-state index in [0.717, 1.165) is 46.6 Å². The predicted molar refractivity (Wildman–Crippen MR) is 108 cm³/mol. The molecular weight excluding hydrogens is 364 g/mol. The Morgan fingerprint density at radius 1 is 1.19 bits per heavy atom. The Kier molecular flexibility index (Phi) is 5.05. The lowest BCUT2D eigenvalue weighted by Crippen LogP contribution is -2.36. The lowest BCUT2D eigenvalue weighted by molar-refractivity contribution is -0.115. The van der Waals surface area contributed by atoms with Gasteiger partial charge >= 0.3 is 0 Å². The first-order chi connectivity index (χ1) is 13.1. The van der Waals surface area contributed by atoms with Crippen LogP contribution in [0, 0.1) is 6.92 Å². The van der Waals surface area contributed by atoms with Crippen LogP contribution in [0.25, 0.3) is 11.0 Å². The van der Waals surface area contributed by atoms with Gasteiger partial charge in [-0.05, 0) is 36.8 Å². The topological polar surface area (TPSA) is 54.7 Å². The second-order valence-electron chi connectivity index (χ2n) is 6.75. The van der Waals surface area contributed by atoms with Crippen LogP contribution >= 0.6 is 11.6 Å². The number of carbonyl (C=O) groups is 1. The molecule has 0 radical (unpaired) electrons. The Hall–Kier alpha value is -2.50. The van der Waals surface area contributed by atoms with Crippen molar-refractivity contribution >= 4 is 39.9 Å². The number of carbonyl (C=O) groups excluding carboxylic acids is 1. The van der Waals surface area contributed by atoms with Gasteiger partial charge in [0.15, 0.2) is 0 Å². The van der Waals surface area contributed by atoms with Crippen molar-refractivity contribution in [3.05, 3.63) is 58.8 Å². The van der Waals surface area contributed by atoms with Gasteiger partial charge in [-0.2, -0.15) is 0 Å². The first-order valence-corrected chi connectivity index (χ1v) is 9.37. The van der Waals surface area contributed by atoms with Crippen molar-refractivity contribution in [2.75, 3.05) is 36.5 Å². The molecule has 0 spiro atoms. The molecule has 1 saturated heterocycles. The van der Waals surface area contributed by atoms with Crippen LogP contribution in [0.1, 0.15) is 11.1 Å². The van der Waals surface area contributed by atoms with Crippen molar-refractivity contribution in [1.82, 2.24) is 0 Å². The van der Waals surface area contributed by atoms with Gasteiger partial charge in [0.2, 0.25) is 5.91 Å². The normalized spacial score (nSPS) is 14.5. The number of benzene rings is 2. The van der Waals surface area contributed by atoms with Crippen LogP contribution in [0.5, 0.6) is 0 Å². The second kappa shape index (κ2) is 7.62. The number of ether oxygens (including phenoxy) is 1. The van der Waals surface area contributed by atoms with Crippen LogP contribution in [0.15, 0.2) is 47.1 Å². The molecule has 1 fully saturated rings. The lowest BCUT2D eigenvalue weighted by atomic mass is 10.1. The van der Waals surface area contributed by atoms with Crippen molar-refractivity contribution in [2.45, 2.75) is 13.3 Å². The van der Waals surface area contributed by atoms with E-state index >= 15 is 0 Å². The molecule has 140 valence electrons. The summed E-state index contributed by atoms with van der Waals surface area (Å²) in [6, 6.07) is 11.6. The molecule has 1 amide bonds. The summed E-state index contributed by atoms with van der Waals surface area (Å²) in [5.41, 5.74) is 4.48. The molecule has 2 heterocycles. The van der Waals surface area contributed by atoms with E-state index in [9.17, 15) is 4.79 Å². The summed E-state index contributed by atoms with van der Waals surface area (Å²) in [7, 11) is 0. The number of nitrogens with one attached hydrogen (secondary N) is 1. The summed E-state index contributed by atoms with van der Waals surface area (Å²) in [5, 5.41) is 4.57. The van der Waals surface area contributed by atoms with Gasteiger partial charge in [0, 0.05) is 29.1 Å². The third kappa shape index (κ3) is 3.94. The van der Waals surface area contributed by atoms with E-state index in [2.05, 4.69) is 10.2 Å². The monoisotopic (exact) mass is 384 g/mol. The third-order valence-electron chi connectivity index (χ3n) is 4.75. The van der Waals surface area contributed by atoms with Gasteiger partial charge in [-0.15, -0.1) is 0 Å². The van der Waals surface area contributed by atoms with Gasteiger partial charge < -0.3 is 19.4 Å². The molecule has 0 bridgehead atoms. The third-order valence-corrected chi connectivity index (χ3v) is 4.98. The Morgan fingerprint density at radius 3 is 2.81 bits per heavy atom. The molecule has 0 unspecified atom stereocenters. The lowest BCUT2D eigenvalue weighted by Gasteiger charge is -2.30. The molecule has 0 atom stereocenters. The minimum atomic E-state index is -0.102. The zero-order valence-corrected chi connectivity index (χ0v) is 15.9. The molecule has 27 heavy (non-hydrogen) atoms. The molecule has 4 rings (SSSR count). The summed E-state index contributed by atoms with van der Waals surface area (Å²) in [4.78, 5) is 14.9. The van der Waals surface area contributed by atoms with E-state index in [1.54, 1.807) is 12.3 Å². The van der Waals surface area contributed by atoms with Crippen LogP contribution < -0.4 is 10.2 Å². The van der Waals surface area contributed by atoms with E-state index in [0.29, 0.717) is 18.2 Å². The minimum Gasteiger partial charge on any atom is -0.464 e. The number of fused-ring (bicyclic) bond motifs is 1. The van der Waals surface area contributed by atoms with Gasteiger partial charge in [-0.25, -0.2) is 0 Å². The van der Waals surface area contributed by atoms with Gasteiger partial charge in [0.05, 0.1) is 37.3 Å². The molecule has 2 aromatic carbocycles. The van der Waals surface area contributed by atoms with Crippen molar-refractivity contribution in [3.63, 3.8) is 0 Å². The van der Waals surface area contributed by atoms with Crippen molar-refractivity contribution in [1.29, 1.82) is 0 Å². The fourth-order valence-electron chi connectivity index (χ4n) is 3.38. The fraction of sp³-hybridized carbons (Fsp3) is 0.286. The van der Waals surface area contributed by atoms with Crippen LogP contribution in [-0.2, 0) is 16.0 Å². The van der Waals surface area contributed by atoms with Gasteiger partial charge in [0.25, 0.3) is 0 Å². The summed E-state index contributed by atoms with van der Waals surface area (Å²) in [6.07, 6.45) is 1.90. The van der Waals surface area contributed by atoms with E-state index in [-0.39, 0.29) is 12.3 Å². The highest BCUT2D eigenvalue weighted by atomic mass is 35.5. The maximum absolute atomic E-state index is 12.7. The molecule has 1 N–H and O–H groups in total. The van der Waals surface area contributed by atoms with Crippen LogP contribution in [0.2, 0.25) is 5.02 Å². The Balaban J connectivity index is 1.54. The van der Waals surface area contributed by atoms with E-state index in [1.807, 2.05) is 37.3 Å². The Bertz CT molecular complexity index is 977. The average Bonchev–Trinajstić information content (AvgIpc) is 3.04. The molecule has 1 aliphatic rings. The number of nitrogens with zero attached hydrogens (tertiary/aromatic N) is 1. The largest absolute Gasteiger partial charge is 0.464 e. The van der Waals surface area contributed by atoms with E-state index in [1.165, 1.54) is 0 Å². The van der Waals surface area contributed by atoms with Crippen LogP contribution in [-0.4, -0.2) is 32.2 Å². The average molecular weight is 385 g/mol. The molecule has 1 aromatic heterocycles. The maximum Gasteiger partial charge on any atom is 0.228 e. The summed E-state index contributed by atoms with van der Waals surface area (Å²) >= 11 is 6.17. The van der Waals surface area contributed by atoms with E-state index < -0.39 is 0 Å². The van der Waals surface area contributed by atoms with Crippen LogP contribution in [0.3, 0.4) is 0 Å². The molecule has 1 aliphatic heterocycles. The number of hydrogen-bond donors (Lipinski definition) is 1. The quantitative estimate of drug-likeness (QED) is 0.723. The Morgan fingerprint density at radius 2 is 2.00 bits per heavy atom. The standard InChI is InChI=1S/C21H21ClN2O3/c1-14-2-4-17-15(13-27-20(17)10-14)11-21(25)23-18-12-16(22)3-5-19(18)24-6-8-26-9-7-24/h2-5,10,12-13H,6-9,11H2,1H3,(H,23,25). The molecule has 0 aliphatic carbocycles. The molecule has 3 aromatic rings. The van der Waals surface area contributed by atoms with Crippen LogP contribution in [0.4, 0.5) is 11.4 Å². The van der Waals surface area contributed by atoms with Crippen molar-refractivity contribution in [3.8, 4) is 0 Å². The zero-order chi connectivity index (χ0) is 18.8. The number of morpholine rings is 1. The highest BCUT2D eigenvalue weighted by Crippen LogP contribution is 2.30. The smallest absolute Gasteiger partial charge is 0.228 e. The number of amides is 1. The number of aryl methyl sites for hydroxylation is 1.